The highest BCUT2D eigenvalue weighted by Crippen LogP contribution is 2.38. The number of para-hydroxylation sites is 1. The predicted octanol–water partition coefficient (Wildman–Crippen LogP) is 6.17. The predicted molar refractivity (Wildman–Crippen MR) is 180 cm³/mol. The summed E-state index contributed by atoms with van der Waals surface area (Å²) in [6.07, 6.45) is 1.79. The normalized spacial score (nSPS) is 11.0. The van der Waals surface area contributed by atoms with E-state index in [2.05, 4.69) is 47.6 Å². The zero-order valence-electron chi connectivity index (χ0n) is 25.4. The number of rotatable bonds is 7. The molecule has 48 heavy (non-hydrogen) atoms. The number of nitriles is 1. The number of nitro groups is 1. The summed E-state index contributed by atoms with van der Waals surface area (Å²) >= 11 is 3.46. The summed E-state index contributed by atoms with van der Waals surface area (Å²) in [7, 11) is 0. The molecule has 15 heteroatoms. The third kappa shape index (κ3) is 5.25. The van der Waals surface area contributed by atoms with Gasteiger partial charge < -0.3 is 5.73 Å². The van der Waals surface area contributed by atoms with Crippen molar-refractivity contribution in [2.24, 2.45) is 0 Å². The van der Waals surface area contributed by atoms with Crippen molar-refractivity contribution in [1.82, 2.24) is 44.8 Å². The molecule has 0 atom stereocenters. The third-order valence-corrected chi connectivity index (χ3v) is 8.33. The summed E-state index contributed by atoms with van der Waals surface area (Å²) in [6, 6.07) is 27.2. The molecule has 0 aliphatic rings. The van der Waals surface area contributed by atoms with Crippen LogP contribution in [0.4, 0.5) is 11.5 Å². The molecule has 4 aromatic heterocycles. The first-order valence-electron chi connectivity index (χ1n) is 14.5. The zero-order valence-corrected chi connectivity index (χ0v) is 26.9. The van der Waals surface area contributed by atoms with Gasteiger partial charge in [-0.1, -0.05) is 50.6 Å². The van der Waals surface area contributed by atoms with Crippen LogP contribution in [0.2, 0.25) is 0 Å². The van der Waals surface area contributed by atoms with Crippen molar-refractivity contribution in [3.63, 3.8) is 0 Å². The number of nitrogens with two attached hydrogens (primary N) is 1. The number of anilines is 1. The van der Waals surface area contributed by atoms with Crippen molar-refractivity contribution in [3.8, 4) is 57.0 Å². The summed E-state index contributed by atoms with van der Waals surface area (Å²) in [5, 5.41) is 44.2. The summed E-state index contributed by atoms with van der Waals surface area (Å²) < 4.78 is 5.83. The Morgan fingerprint density at radius 3 is 2.19 bits per heavy atom. The maximum atomic E-state index is 11.5. The van der Waals surface area contributed by atoms with E-state index in [1.165, 1.54) is 16.8 Å². The van der Waals surface area contributed by atoms with Gasteiger partial charge in [0, 0.05) is 33.9 Å². The van der Waals surface area contributed by atoms with E-state index in [1.54, 1.807) is 40.7 Å². The summed E-state index contributed by atoms with van der Waals surface area (Å²) in [5.41, 5.74) is 12.6. The van der Waals surface area contributed by atoms with E-state index in [-0.39, 0.29) is 17.1 Å². The Morgan fingerprint density at radius 2 is 1.48 bits per heavy atom. The van der Waals surface area contributed by atoms with Crippen molar-refractivity contribution in [3.05, 3.63) is 123 Å². The van der Waals surface area contributed by atoms with E-state index in [1.807, 2.05) is 61.5 Å². The maximum Gasteiger partial charge on any atom is 0.271 e. The first-order valence-corrected chi connectivity index (χ1v) is 15.2. The lowest BCUT2D eigenvalue weighted by atomic mass is 9.98. The summed E-state index contributed by atoms with van der Waals surface area (Å²) in [6.45, 7) is 3.67. The van der Waals surface area contributed by atoms with E-state index >= 15 is 0 Å². The number of benzene rings is 3. The number of nitrogens with zero attached hydrogens (tertiary/aromatic N) is 11. The minimum absolute atomic E-state index is 0.0120. The lowest BCUT2D eigenvalue weighted by Gasteiger charge is -2.10. The summed E-state index contributed by atoms with van der Waals surface area (Å²) in [4.78, 5) is 15.5. The molecule has 0 unspecified atom stereocenters. The smallest absolute Gasteiger partial charge is 0.271 e. The highest BCUT2D eigenvalue weighted by Gasteiger charge is 2.26. The van der Waals surface area contributed by atoms with Crippen LogP contribution in [0.5, 0.6) is 0 Å². The molecule has 0 amide bonds. The molecule has 234 valence electrons. The lowest BCUT2D eigenvalue weighted by molar-refractivity contribution is -0.384. The van der Waals surface area contributed by atoms with Crippen LogP contribution in [0.25, 0.3) is 51.0 Å². The van der Waals surface area contributed by atoms with Gasteiger partial charge in [-0.3, -0.25) is 10.1 Å². The standard InChI is InChI=1S/C33H23BrN12O2/c1-19-30(38-41-44(19)23-13-11-21(34)12-14-23)29-16-26(27(17-35)33(36)37-29)28-18-43(22-7-4-3-5-8-22)40-32(28)31-20(2)45(42-39-31)24-9-6-10-25(15-24)46(47)48/h3-16,18H,1-2H3,(H2,36,37). The average molecular weight is 700 g/mol. The molecule has 0 aliphatic heterocycles. The first-order chi connectivity index (χ1) is 23.2. The number of halogens is 1. The van der Waals surface area contributed by atoms with Gasteiger partial charge in [-0.15, -0.1) is 10.2 Å². The van der Waals surface area contributed by atoms with Gasteiger partial charge >= 0.3 is 0 Å². The highest BCUT2D eigenvalue weighted by molar-refractivity contribution is 9.10. The van der Waals surface area contributed by atoms with E-state index in [9.17, 15) is 15.4 Å². The molecule has 7 rings (SSSR count). The van der Waals surface area contributed by atoms with Crippen molar-refractivity contribution < 1.29 is 4.92 Å². The number of non-ortho nitro benzene ring substituents is 1. The van der Waals surface area contributed by atoms with E-state index in [4.69, 9.17) is 10.8 Å². The Morgan fingerprint density at radius 1 is 0.812 bits per heavy atom. The number of pyridine rings is 1. The van der Waals surface area contributed by atoms with Crippen LogP contribution < -0.4 is 5.73 Å². The lowest BCUT2D eigenvalue weighted by Crippen LogP contribution is -2.02. The van der Waals surface area contributed by atoms with Crippen LogP contribution in [-0.2, 0) is 0 Å². The van der Waals surface area contributed by atoms with Gasteiger partial charge in [0.25, 0.3) is 5.69 Å². The molecule has 0 fully saturated rings. The van der Waals surface area contributed by atoms with Crippen LogP contribution in [0.3, 0.4) is 0 Å². The monoisotopic (exact) mass is 698 g/mol. The van der Waals surface area contributed by atoms with E-state index < -0.39 is 4.92 Å². The Kier molecular flexibility index (Phi) is 7.54. The number of nitrogen functional groups attached to an aromatic ring is 1. The molecule has 0 spiro atoms. The SMILES string of the molecule is Cc1c(-c2cc(-c3cn(-c4ccccc4)nc3-c3nnn(-c4cccc([N+](=O)[O-])c4)c3C)c(C#N)c(N)n2)nnn1-c1ccc(Br)cc1. The number of hydrogen-bond acceptors (Lipinski definition) is 10. The Labute approximate surface area is 281 Å². The molecule has 7 aromatic rings. The fraction of sp³-hybridized carbons (Fsp3) is 0.0606. The van der Waals surface area contributed by atoms with Crippen molar-refractivity contribution in [1.29, 1.82) is 5.26 Å². The van der Waals surface area contributed by atoms with E-state index in [0.29, 0.717) is 45.3 Å². The second-order valence-electron chi connectivity index (χ2n) is 10.7. The molecule has 0 bridgehead atoms. The molecule has 0 aliphatic carbocycles. The maximum absolute atomic E-state index is 11.5. The van der Waals surface area contributed by atoms with Gasteiger partial charge in [0.05, 0.1) is 39.1 Å². The van der Waals surface area contributed by atoms with Gasteiger partial charge in [0.2, 0.25) is 0 Å². The molecule has 3 aromatic carbocycles. The molecular weight excluding hydrogens is 676 g/mol. The van der Waals surface area contributed by atoms with Crippen LogP contribution >= 0.6 is 15.9 Å². The van der Waals surface area contributed by atoms with Gasteiger partial charge in [0.15, 0.2) is 0 Å². The Balaban J connectivity index is 1.41. The number of aromatic nitrogens is 9. The van der Waals surface area contributed by atoms with Crippen LogP contribution in [0.15, 0.2) is 95.6 Å². The quantitative estimate of drug-likeness (QED) is 0.149. The molecule has 0 saturated carbocycles. The van der Waals surface area contributed by atoms with E-state index in [0.717, 1.165) is 21.5 Å². The fourth-order valence-electron chi connectivity index (χ4n) is 5.40. The van der Waals surface area contributed by atoms with Gasteiger partial charge in [-0.25, -0.2) is 19.0 Å². The van der Waals surface area contributed by atoms with Gasteiger partial charge in [0.1, 0.15) is 34.5 Å². The number of hydrogen-bond donors (Lipinski definition) is 1. The first kappa shape index (κ1) is 30.1. The van der Waals surface area contributed by atoms with Crippen LogP contribution in [0, 0.1) is 35.3 Å². The molecular formula is C33H23BrN12O2. The highest BCUT2D eigenvalue weighted by atomic mass is 79.9. The molecule has 14 nitrogen and oxygen atoms in total. The minimum atomic E-state index is -0.468. The summed E-state index contributed by atoms with van der Waals surface area (Å²) in [5.74, 6) is 0.0120. The number of nitro benzene ring substituents is 1. The van der Waals surface area contributed by atoms with Crippen molar-refractivity contribution >= 4 is 27.4 Å². The Bertz CT molecular complexity index is 2390. The minimum Gasteiger partial charge on any atom is -0.383 e. The van der Waals surface area contributed by atoms with Crippen molar-refractivity contribution in [2.75, 3.05) is 5.73 Å². The Hall–Kier alpha value is -6.53. The fourth-order valence-corrected chi connectivity index (χ4v) is 5.66. The molecule has 2 N–H and O–H groups in total. The average Bonchev–Trinajstić information content (AvgIpc) is 3.81. The van der Waals surface area contributed by atoms with Crippen LogP contribution in [0.1, 0.15) is 17.0 Å². The van der Waals surface area contributed by atoms with Gasteiger partial charge in [-0.05, 0) is 62.4 Å². The third-order valence-electron chi connectivity index (χ3n) is 7.80. The molecule has 0 saturated heterocycles. The molecule has 4 heterocycles. The second kappa shape index (κ2) is 12.0. The topological polar surface area (TPSA) is 185 Å². The largest absolute Gasteiger partial charge is 0.383 e. The second-order valence-corrected chi connectivity index (χ2v) is 11.6. The molecule has 0 radical (unpaired) electrons. The van der Waals surface area contributed by atoms with Crippen molar-refractivity contribution in [2.45, 2.75) is 13.8 Å². The zero-order chi connectivity index (χ0) is 33.5. The van der Waals surface area contributed by atoms with Gasteiger partial charge in [-0.2, -0.15) is 10.4 Å². The van der Waals surface area contributed by atoms with Crippen LogP contribution in [-0.4, -0.2) is 49.7 Å².